The summed E-state index contributed by atoms with van der Waals surface area (Å²) in [6, 6.07) is 13.2. The Labute approximate surface area is 136 Å². The highest BCUT2D eigenvalue weighted by atomic mass is 32.1. The van der Waals surface area contributed by atoms with Gasteiger partial charge in [-0.25, -0.2) is 9.97 Å². The van der Waals surface area contributed by atoms with E-state index in [1.165, 1.54) is 12.3 Å². The Kier molecular flexibility index (Phi) is 3.35. The topological polar surface area (TPSA) is 38.7 Å². The molecule has 3 nitrogen and oxygen atoms in total. The van der Waals surface area contributed by atoms with Gasteiger partial charge >= 0.3 is 0 Å². The van der Waals surface area contributed by atoms with E-state index in [1.54, 1.807) is 17.4 Å². The lowest BCUT2D eigenvalue weighted by atomic mass is 10.1. The maximum Gasteiger partial charge on any atom is 0.212 e. The van der Waals surface area contributed by atoms with Gasteiger partial charge < -0.3 is 0 Å². The van der Waals surface area contributed by atoms with Crippen molar-refractivity contribution in [3.63, 3.8) is 0 Å². The third-order valence-corrected chi connectivity index (χ3v) is 4.70. The van der Waals surface area contributed by atoms with Crippen molar-refractivity contribution in [3.05, 3.63) is 66.5 Å². The van der Waals surface area contributed by atoms with Gasteiger partial charge in [0.1, 0.15) is 4.83 Å². The van der Waals surface area contributed by atoms with Crippen molar-refractivity contribution in [2.24, 2.45) is 0 Å². The number of nitrogens with zero attached hydrogens (tertiary/aromatic N) is 3. The number of pyridine rings is 3. The zero-order valence-corrected chi connectivity index (χ0v) is 13.1. The molecule has 23 heavy (non-hydrogen) atoms. The zero-order chi connectivity index (χ0) is 15.8. The van der Waals surface area contributed by atoms with Crippen molar-refractivity contribution < 1.29 is 4.39 Å². The van der Waals surface area contributed by atoms with Crippen LogP contribution in [-0.4, -0.2) is 15.0 Å². The van der Waals surface area contributed by atoms with Gasteiger partial charge in [0, 0.05) is 39.5 Å². The van der Waals surface area contributed by atoms with E-state index in [2.05, 4.69) is 27.1 Å². The van der Waals surface area contributed by atoms with Crippen molar-refractivity contribution in [2.45, 2.75) is 6.92 Å². The van der Waals surface area contributed by atoms with Gasteiger partial charge in [0.25, 0.3) is 0 Å². The maximum absolute atomic E-state index is 12.9. The summed E-state index contributed by atoms with van der Waals surface area (Å²) < 4.78 is 12.9. The molecule has 0 bridgehead atoms. The highest BCUT2D eigenvalue weighted by Crippen LogP contribution is 2.33. The maximum atomic E-state index is 12.9. The third-order valence-electron chi connectivity index (χ3n) is 3.60. The minimum atomic E-state index is -0.486. The quantitative estimate of drug-likeness (QED) is 0.495. The largest absolute Gasteiger partial charge is 0.261 e. The van der Waals surface area contributed by atoms with Gasteiger partial charge in [0.05, 0.1) is 5.69 Å². The second-order valence-corrected chi connectivity index (χ2v) is 6.29. The van der Waals surface area contributed by atoms with E-state index in [0.717, 1.165) is 37.6 Å². The molecule has 0 aliphatic heterocycles. The molecule has 0 N–H and O–H groups in total. The van der Waals surface area contributed by atoms with Crippen molar-refractivity contribution in [1.82, 2.24) is 15.0 Å². The molecule has 5 heteroatoms. The second-order valence-electron chi connectivity index (χ2n) is 5.26. The average molecular weight is 321 g/mol. The van der Waals surface area contributed by atoms with Crippen LogP contribution in [0.2, 0.25) is 0 Å². The van der Waals surface area contributed by atoms with E-state index < -0.39 is 5.95 Å². The zero-order valence-electron chi connectivity index (χ0n) is 12.3. The summed E-state index contributed by atoms with van der Waals surface area (Å²) in [7, 11) is 0. The molecule has 4 rings (SSSR count). The predicted octanol–water partition coefficient (Wildman–Crippen LogP) is 4.87. The highest BCUT2D eigenvalue weighted by molar-refractivity contribution is 7.21. The van der Waals surface area contributed by atoms with Gasteiger partial charge in [-0.3, -0.25) is 4.98 Å². The van der Waals surface area contributed by atoms with Crippen LogP contribution in [0.5, 0.6) is 0 Å². The van der Waals surface area contributed by atoms with E-state index in [1.807, 2.05) is 31.3 Å². The summed E-state index contributed by atoms with van der Waals surface area (Å²) in [6.45, 7) is 1.97. The van der Waals surface area contributed by atoms with E-state index in [4.69, 9.17) is 0 Å². The molecule has 0 unspecified atom stereocenters. The van der Waals surface area contributed by atoms with Crippen molar-refractivity contribution >= 4 is 21.6 Å². The normalized spacial score (nSPS) is 11.0. The van der Waals surface area contributed by atoms with E-state index in [0.29, 0.717) is 0 Å². The van der Waals surface area contributed by atoms with Gasteiger partial charge in [-0.2, -0.15) is 4.39 Å². The Morgan fingerprint density at radius 2 is 1.74 bits per heavy atom. The van der Waals surface area contributed by atoms with E-state index in [9.17, 15) is 4.39 Å². The van der Waals surface area contributed by atoms with E-state index >= 15 is 0 Å². The average Bonchev–Trinajstić information content (AvgIpc) is 2.99. The first-order valence-corrected chi connectivity index (χ1v) is 7.96. The standard InChI is InChI=1S/C18H12FN3S/c1-11-2-3-14(10-20-11)16-8-12-4-6-15(22-18(12)23-16)13-5-7-17(19)21-9-13/h2-10H,1H3. The lowest BCUT2D eigenvalue weighted by molar-refractivity contribution is 0.584. The monoisotopic (exact) mass is 321 g/mol. The molecule has 0 fully saturated rings. The molecule has 0 amide bonds. The van der Waals surface area contributed by atoms with Crippen molar-refractivity contribution in [1.29, 1.82) is 0 Å². The molecule has 0 radical (unpaired) electrons. The molecular formula is C18H12FN3S. The first-order chi connectivity index (χ1) is 11.2. The molecule has 4 aromatic rings. The molecule has 4 heterocycles. The number of thiophene rings is 1. The molecule has 112 valence electrons. The van der Waals surface area contributed by atoms with Crippen LogP contribution in [0.3, 0.4) is 0 Å². The van der Waals surface area contributed by atoms with Crippen LogP contribution in [0.4, 0.5) is 4.39 Å². The van der Waals surface area contributed by atoms with Gasteiger partial charge in [0.2, 0.25) is 5.95 Å². The second kappa shape index (κ2) is 5.52. The Morgan fingerprint density at radius 1 is 0.913 bits per heavy atom. The van der Waals surface area contributed by atoms with Gasteiger partial charge in [0.15, 0.2) is 0 Å². The van der Waals surface area contributed by atoms with Crippen LogP contribution >= 0.6 is 11.3 Å². The number of aryl methyl sites for hydroxylation is 1. The molecule has 0 atom stereocenters. The summed E-state index contributed by atoms with van der Waals surface area (Å²) in [6.07, 6.45) is 3.38. The molecule has 0 aliphatic rings. The number of hydrogen-bond acceptors (Lipinski definition) is 4. The molecule has 0 spiro atoms. The fraction of sp³-hybridized carbons (Fsp3) is 0.0556. The van der Waals surface area contributed by atoms with Gasteiger partial charge in [-0.15, -0.1) is 11.3 Å². The summed E-state index contributed by atoms with van der Waals surface area (Å²) in [5, 5.41) is 1.09. The van der Waals surface area contributed by atoms with Crippen molar-refractivity contribution in [3.8, 4) is 21.7 Å². The summed E-state index contributed by atoms with van der Waals surface area (Å²) in [5.41, 5.74) is 3.68. The Balaban J connectivity index is 1.77. The molecule has 0 saturated carbocycles. The Bertz CT molecular complexity index is 932. The first kappa shape index (κ1) is 14.0. The van der Waals surface area contributed by atoms with Crippen molar-refractivity contribution in [2.75, 3.05) is 0 Å². The van der Waals surface area contributed by atoms with Crippen LogP contribution < -0.4 is 0 Å². The van der Waals surface area contributed by atoms with E-state index in [-0.39, 0.29) is 0 Å². The van der Waals surface area contributed by atoms with Crippen LogP contribution in [0.15, 0.2) is 54.9 Å². The fourth-order valence-corrected chi connectivity index (χ4v) is 3.38. The number of fused-ring (bicyclic) bond motifs is 1. The number of halogens is 1. The third kappa shape index (κ3) is 2.71. The molecule has 4 aromatic heterocycles. The fourth-order valence-electron chi connectivity index (χ4n) is 2.36. The minimum absolute atomic E-state index is 0.486. The van der Waals surface area contributed by atoms with Gasteiger partial charge in [-0.1, -0.05) is 6.07 Å². The molecular weight excluding hydrogens is 309 g/mol. The molecule has 0 aliphatic carbocycles. The van der Waals surface area contributed by atoms with Crippen LogP contribution in [-0.2, 0) is 0 Å². The summed E-state index contributed by atoms with van der Waals surface area (Å²) in [5.74, 6) is -0.486. The van der Waals surface area contributed by atoms with Gasteiger partial charge in [-0.05, 0) is 43.3 Å². The highest BCUT2D eigenvalue weighted by Gasteiger charge is 2.08. The summed E-state index contributed by atoms with van der Waals surface area (Å²) in [4.78, 5) is 14.8. The summed E-state index contributed by atoms with van der Waals surface area (Å²) >= 11 is 1.62. The van der Waals surface area contributed by atoms with Crippen LogP contribution in [0.1, 0.15) is 5.69 Å². The van der Waals surface area contributed by atoms with Crippen LogP contribution in [0, 0.1) is 12.9 Å². The molecule has 0 saturated heterocycles. The number of rotatable bonds is 2. The first-order valence-electron chi connectivity index (χ1n) is 7.14. The lowest BCUT2D eigenvalue weighted by Gasteiger charge is -1.99. The number of hydrogen-bond donors (Lipinski definition) is 0. The van der Waals surface area contributed by atoms with Crippen LogP contribution in [0.25, 0.3) is 31.9 Å². The lowest BCUT2D eigenvalue weighted by Crippen LogP contribution is -1.86. The molecule has 0 aromatic carbocycles. The number of aromatic nitrogens is 3. The predicted molar refractivity (Wildman–Crippen MR) is 90.8 cm³/mol. The minimum Gasteiger partial charge on any atom is -0.261 e. The smallest absolute Gasteiger partial charge is 0.212 e. The Hall–Kier alpha value is -2.66. The SMILES string of the molecule is Cc1ccc(-c2cc3ccc(-c4ccc(F)nc4)nc3s2)cn1. The Morgan fingerprint density at radius 3 is 2.48 bits per heavy atom.